The number of fused-ring (bicyclic) bond motifs is 1. The van der Waals surface area contributed by atoms with Crippen molar-refractivity contribution in [3.05, 3.63) is 0 Å². The first-order valence-electron chi connectivity index (χ1n) is 3.73. The summed E-state index contributed by atoms with van der Waals surface area (Å²) in [6, 6.07) is 0. The first-order chi connectivity index (χ1) is 5.19. The average Bonchev–Trinajstić information content (AvgIpc) is 2.33. The van der Waals surface area contributed by atoms with Crippen molar-refractivity contribution in [3.8, 4) is 0 Å². The maximum absolute atomic E-state index is 11.6. The third-order valence-electron chi connectivity index (χ3n) is 2.55. The highest BCUT2D eigenvalue weighted by Crippen LogP contribution is 2.91. The SMILES string of the molecule is CC1COC23COP2(=O)C3O1. The number of rotatable bonds is 0. The molecule has 3 fully saturated rings. The molecule has 0 aromatic heterocycles. The molecule has 0 aliphatic carbocycles. The molecule has 3 heterocycles. The van der Waals surface area contributed by atoms with E-state index in [2.05, 4.69) is 0 Å². The first-order valence-corrected chi connectivity index (χ1v) is 5.42. The molecule has 3 aliphatic heterocycles. The van der Waals surface area contributed by atoms with Gasteiger partial charge in [-0.05, 0) is 6.92 Å². The lowest BCUT2D eigenvalue weighted by atomic mass is 10.3. The van der Waals surface area contributed by atoms with Crippen LogP contribution in [-0.2, 0) is 18.6 Å². The zero-order chi connectivity index (χ0) is 7.69. The highest BCUT2D eigenvalue weighted by Gasteiger charge is 2.88. The van der Waals surface area contributed by atoms with Crippen LogP contribution < -0.4 is 0 Å². The van der Waals surface area contributed by atoms with E-state index < -0.39 is 12.7 Å². The van der Waals surface area contributed by atoms with Crippen molar-refractivity contribution in [1.82, 2.24) is 0 Å². The third kappa shape index (κ3) is 0.510. The van der Waals surface area contributed by atoms with Gasteiger partial charge in [0.25, 0.3) is 7.37 Å². The minimum atomic E-state index is -2.46. The van der Waals surface area contributed by atoms with Crippen molar-refractivity contribution in [2.45, 2.75) is 24.2 Å². The summed E-state index contributed by atoms with van der Waals surface area (Å²) < 4.78 is 27.4. The summed E-state index contributed by atoms with van der Waals surface area (Å²) in [6.45, 7) is 2.92. The van der Waals surface area contributed by atoms with Crippen LogP contribution in [0.5, 0.6) is 0 Å². The van der Waals surface area contributed by atoms with Gasteiger partial charge in [-0.25, -0.2) is 0 Å². The average molecular weight is 176 g/mol. The highest BCUT2D eigenvalue weighted by atomic mass is 31.2. The standard InChI is InChI=1S/C6H9O4P/c1-4-2-8-6-3-9-11(6,7)5(6)10-4/h4-5H,2-3H2,1H3. The largest absolute Gasteiger partial charge is 0.359 e. The van der Waals surface area contributed by atoms with Gasteiger partial charge in [0.15, 0.2) is 5.85 Å². The van der Waals surface area contributed by atoms with E-state index in [1.165, 1.54) is 0 Å². The Morgan fingerprint density at radius 3 is 3.00 bits per heavy atom. The van der Waals surface area contributed by atoms with Gasteiger partial charge in [0.2, 0.25) is 5.34 Å². The molecule has 0 aromatic rings. The fraction of sp³-hybridized carbons (Fsp3) is 1.00. The third-order valence-corrected chi connectivity index (χ3v) is 5.49. The molecule has 3 saturated heterocycles. The molecule has 62 valence electrons. The lowest BCUT2D eigenvalue weighted by Crippen LogP contribution is -2.38. The van der Waals surface area contributed by atoms with Crippen LogP contribution in [0.1, 0.15) is 6.92 Å². The summed E-state index contributed by atoms with van der Waals surface area (Å²) >= 11 is 0. The first kappa shape index (κ1) is 6.61. The summed E-state index contributed by atoms with van der Waals surface area (Å²) in [5, 5.41) is -0.487. The number of ether oxygens (including phenoxy) is 2. The summed E-state index contributed by atoms with van der Waals surface area (Å²) in [7, 11) is -2.46. The van der Waals surface area contributed by atoms with Gasteiger partial charge in [-0.2, -0.15) is 0 Å². The van der Waals surface area contributed by atoms with E-state index in [-0.39, 0.29) is 11.9 Å². The second kappa shape index (κ2) is 1.57. The van der Waals surface area contributed by atoms with Crippen LogP contribution >= 0.6 is 7.37 Å². The van der Waals surface area contributed by atoms with Crippen molar-refractivity contribution in [2.75, 3.05) is 13.2 Å². The monoisotopic (exact) mass is 176 g/mol. The minimum Gasteiger partial charge on any atom is -0.359 e. The Labute approximate surface area is 64.3 Å². The summed E-state index contributed by atoms with van der Waals surface area (Å²) in [5.74, 6) is -0.237. The van der Waals surface area contributed by atoms with Crippen LogP contribution in [0, 0.1) is 0 Å². The normalized spacial score (nSPS) is 65.9. The molecule has 11 heavy (non-hydrogen) atoms. The molecule has 4 nitrogen and oxygen atoms in total. The zero-order valence-corrected chi connectivity index (χ0v) is 7.04. The molecule has 4 atom stereocenters. The zero-order valence-electron chi connectivity index (χ0n) is 6.15. The van der Waals surface area contributed by atoms with Crippen molar-refractivity contribution in [1.29, 1.82) is 0 Å². The van der Waals surface area contributed by atoms with E-state index in [1.54, 1.807) is 0 Å². The molecule has 0 N–H and O–H groups in total. The van der Waals surface area contributed by atoms with Crippen LogP contribution in [-0.4, -0.2) is 30.5 Å². The van der Waals surface area contributed by atoms with Crippen LogP contribution in [0.25, 0.3) is 0 Å². The molecule has 4 unspecified atom stereocenters. The molecular formula is C6H9O4P. The van der Waals surface area contributed by atoms with Gasteiger partial charge in [0, 0.05) is 0 Å². The number of hydrogen-bond donors (Lipinski definition) is 0. The van der Waals surface area contributed by atoms with Crippen molar-refractivity contribution < 1.29 is 18.6 Å². The second-order valence-corrected chi connectivity index (χ2v) is 6.00. The van der Waals surface area contributed by atoms with Gasteiger partial charge < -0.3 is 14.0 Å². The maximum atomic E-state index is 11.6. The molecule has 0 radical (unpaired) electrons. The fourth-order valence-electron chi connectivity index (χ4n) is 1.74. The molecule has 1 spiro atoms. The van der Waals surface area contributed by atoms with Gasteiger partial charge in [0.1, 0.15) is 0 Å². The Kier molecular flexibility index (Phi) is 0.944. The molecule has 3 rings (SSSR count). The fourth-order valence-corrected chi connectivity index (χ4v) is 4.36. The van der Waals surface area contributed by atoms with Crippen LogP contribution in [0.4, 0.5) is 0 Å². The summed E-state index contributed by atoms with van der Waals surface area (Å²) in [6.07, 6.45) is 0.0608. The van der Waals surface area contributed by atoms with E-state index >= 15 is 0 Å². The van der Waals surface area contributed by atoms with E-state index in [4.69, 9.17) is 14.0 Å². The Morgan fingerprint density at radius 1 is 1.64 bits per heavy atom. The van der Waals surface area contributed by atoms with Gasteiger partial charge in [-0.15, -0.1) is 0 Å². The second-order valence-electron chi connectivity index (χ2n) is 3.33. The Morgan fingerprint density at radius 2 is 2.45 bits per heavy atom. The van der Waals surface area contributed by atoms with Crippen LogP contribution in [0.15, 0.2) is 0 Å². The van der Waals surface area contributed by atoms with Crippen molar-refractivity contribution >= 4 is 7.37 Å². The number of hydrogen-bond acceptors (Lipinski definition) is 4. The maximum Gasteiger partial charge on any atom is 0.271 e. The van der Waals surface area contributed by atoms with E-state index in [9.17, 15) is 4.57 Å². The molecular weight excluding hydrogens is 167 g/mol. The van der Waals surface area contributed by atoms with Gasteiger partial charge in [-0.3, -0.25) is 4.57 Å². The Hall–Kier alpha value is 0.110. The molecule has 0 bridgehead atoms. The highest BCUT2D eigenvalue weighted by molar-refractivity contribution is 7.70. The lowest BCUT2D eigenvalue weighted by Gasteiger charge is -2.27. The van der Waals surface area contributed by atoms with Crippen molar-refractivity contribution in [3.63, 3.8) is 0 Å². The lowest BCUT2D eigenvalue weighted by molar-refractivity contribution is -0.141. The van der Waals surface area contributed by atoms with E-state index in [0.29, 0.717) is 13.2 Å². The Bertz CT molecular complexity index is 265. The predicted octanol–water partition coefficient (Wildman–Crippen LogP) is 0.766. The molecule has 0 saturated carbocycles. The summed E-state index contributed by atoms with van der Waals surface area (Å²) in [4.78, 5) is 0. The van der Waals surface area contributed by atoms with E-state index in [0.717, 1.165) is 0 Å². The van der Waals surface area contributed by atoms with Gasteiger partial charge in [-0.1, -0.05) is 0 Å². The topological polar surface area (TPSA) is 44.8 Å². The quantitative estimate of drug-likeness (QED) is 0.511. The minimum absolute atomic E-state index is 0.0608. The van der Waals surface area contributed by atoms with Crippen LogP contribution in [0.3, 0.4) is 0 Å². The molecule has 5 heteroatoms. The summed E-state index contributed by atoms with van der Waals surface area (Å²) in [5.41, 5.74) is 0. The van der Waals surface area contributed by atoms with Crippen molar-refractivity contribution in [2.24, 2.45) is 0 Å². The van der Waals surface area contributed by atoms with Gasteiger partial charge >= 0.3 is 0 Å². The van der Waals surface area contributed by atoms with Crippen LogP contribution in [0.2, 0.25) is 0 Å². The molecule has 0 aromatic carbocycles. The molecule has 0 amide bonds. The molecule has 3 aliphatic rings. The predicted molar refractivity (Wildman–Crippen MR) is 36.6 cm³/mol. The van der Waals surface area contributed by atoms with Gasteiger partial charge in [0.05, 0.1) is 19.3 Å². The Balaban J connectivity index is 1.94. The van der Waals surface area contributed by atoms with E-state index in [1.807, 2.05) is 6.92 Å². The smallest absolute Gasteiger partial charge is 0.271 e.